The Morgan fingerprint density at radius 1 is 0.862 bits per heavy atom. The van der Waals surface area contributed by atoms with Gasteiger partial charge in [-0.1, -0.05) is 43.5 Å². The van der Waals surface area contributed by atoms with Crippen LogP contribution in [-0.2, 0) is 0 Å². The van der Waals surface area contributed by atoms with Crippen LogP contribution in [-0.4, -0.2) is 33.9 Å². The first-order valence-corrected chi connectivity index (χ1v) is 11.1. The van der Waals surface area contributed by atoms with E-state index in [4.69, 9.17) is 4.98 Å². The van der Waals surface area contributed by atoms with Gasteiger partial charge in [-0.15, -0.1) is 0 Å². The highest BCUT2D eigenvalue weighted by Crippen LogP contribution is 2.33. The number of amides is 1. The minimum atomic E-state index is 0.170. The van der Waals surface area contributed by atoms with Crippen molar-refractivity contribution < 1.29 is 4.79 Å². The number of nitrogens with one attached hydrogen (secondary N) is 1. The Bertz CT molecular complexity index is 944. The first kappa shape index (κ1) is 18.4. The Balaban J connectivity index is 1.21. The van der Waals surface area contributed by atoms with Crippen LogP contribution in [0.4, 0.5) is 0 Å². The smallest absolute Gasteiger partial charge is 0.253 e. The van der Waals surface area contributed by atoms with Crippen molar-refractivity contribution in [3.63, 3.8) is 0 Å². The number of carbonyl (C=O) groups is 1. The van der Waals surface area contributed by atoms with E-state index in [2.05, 4.69) is 23.2 Å². The number of aromatic amines is 1. The number of H-pyrrole nitrogens is 1. The fourth-order valence-electron chi connectivity index (χ4n) is 5.04. The van der Waals surface area contributed by atoms with Crippen molar-refractivity contribution in [3.8, 4) is 0 Å². The lowest BCUT2D eigenvalue weighted by molar-refractivity contribution is 0.0711. The third-order valence-corrected chi connectivity index (χ3v) is 6.81. The van der Waals surface area contributed by atoms with Crippen LogP contribution in [0.5, 0.6) is 0 Å². The number of hydrogen-bond donors (Lipinski definition) is 1. The Morgan fingerprint density at radius 3 is 2.31 bits per heavy atom. The van der Waals surface area contributed by atoms with E-state index in [9.17, 15) is 4.79 Å². The molecule has 5 rings (SSSR count). The SMILES string of the molecule is O=C(c1ccc(C2CCCCC2)cc1)N1CCC(c2nc3ccccc3[nH]2)CC1. The number of carbonyl (C=O) groups excluding carboxylic acids is 1. The Kier molecular flexibility index (Phi) is 5.09. The Hall–Kier alpha value is -2.62. The second kappa shape index (κ2) is 8.02. The van der Waals surface area contributed by atoms with Crippen molar-refractivity contribution in [1.82, 2.24) is 14.9 Å². The van der Waals surface area contributed by atoms with Gasteiger partial charge < -0.3 is 9.88 Å². The molecule has 3 aromatic rings. The van der Waals surface area contributed by atoms with Crippen LogP contribution in [0, 0.1) is 0 Å². The summed E-state index contributed by atoms with van der Waals surface area (Å²) in [5.41, 5.74) is 4.36. The van der Waals surface area contributed by atoms with Gasteiger partial charge in [0, 0.05) is 24.6 Å². The third kappa shape index (κ3) is 3.81. The second-order valence-corrected chi connectivity index (χ2v) is 8.66. The zero-order valence-corrected chi connectivity index (χ0v) is 16.9. The predicted molar refractivity (Wildman–Crippen MR) is 116 cm³/mol. The molecule has 0 spiro atoms. The molecule has 2 heterocycles. The number of benzene rings is 2. The highest BCUT2D eigenvalue weighted by atomic mass is 16.2. The molecule has 1 amide bonds. The van der Waals surface area contributed by atoms with Crippen molar-refractivity contribution in [2.45, 2.75) is 56.8 Å². The van der Waals surface area contributed by atoms with Gasteiger partial charge in [0.15, 0.2) is 0 Å². The molecule has 1 N–H and O–H groups in total. The van der Waals surface area contributed by atoms with Crippen LogP contribution in [0.2, 0.25) is 0 Å². The standard InChI is InChI=1S/C25H29N3O/c29-25(21-12-10-19(11-13-21)18-6-2-1-3-7-18)28-16-14-20(15-17-28)24-26-22-8-4-5-9-23(22)27-24/h4-5,8-13,18,20H,1-3,6-7,14-17H2,(H,26,27). The number of rotatable bonds is 3. The maximum atomic E-state index is 13.0. The van der Waals surface area contributed by atoms with Gasteiger partial charge in [0.05, 0.1) is 11.0 Å². The van der Waals surface area contributed by atoms with Gasteiger partial charge in [-0.05, 0) is 61.4 Å². The summed E-state index contributed by atoms with van der Waals surface area (Å²) in [6.07, 6.45) is 8.57. The molecule has 2 fully saturated rings. The van der Waals surface area contributed by atoms with Gasteiger partial charge >= 0.3 is 0 Å². The fourth-order valence-corrected chi connectivity index (χ4v) is 5.04. The molecular weight excluding hydrogens is 358 g/mol. The summed E-state index contributed by atoms with van der Waals surface area (Å²) in [6, 6.07) is 16.6. The zero-order chi connectivity index (χ0) is 19.6. The van der Waals surface area contributed by atoms with Crippen molar-refractivity contribution in [2.75, 3.05) is 13.1 Å². The lowest BCUT2D eigenvalue weighted by Gasteiger charge is -2.31. The zero-order valence-electron chi connectivity index (χ0n) is 16.9. The van der Waals surface area contributed by atoms with Crippen LogP contribution < -0.4 is 0 Å². The quantitative estimate of drug-likeness (QED) is 0.633. The number of para-hydroxylation sites is 2. The predicted octanol–water partition coefficient (Wildman–Crippen LogP) is 5.63. The van der Waals surface area contributed by atoms with Crippen molar-refractivity contribution >= 4 is 16.9 Å². The molecule has 0 bridgehead atoms. The largest absolute Gasteiger partial charge is 0.342 e. The first-order chi connectivity index (χ1) is 14.3. The summed E-state index contributed by atoms with van der Waals surface area (Å²) >= 11 is 0. The van der Waals surface area contributed by atoms with E-state index in [1.165, 1.54) is 37.7 Å². The highest BCUT2D eigenvalue weighted by Gasteiger charge is 2.26. The molecule has 29 heavy (non-hydrogen) atoms. The minimum absolute atomic E-state index is 0.170. The molecule has 2 aliphatic rings. The van der Waals surface area contributed by atoms with Crippen LogP contribution in [0.1, 0.15) is 78.5 Å². The van der Waals surface area contributed by atoms with E-state index in [0.29, 0.717) is 11.8 Å². The maximum absolute atomic E-state index is 13.0. The summed E-state index contributed by atoms with van der Waals surface area (Å²) < 4.78 is 0. The van der Waals surface area contributed by atoms with Gasteiger partial charge in [0.25, 0.3) is 5.91 Å². The molecule has 0 atom stereocenters. The lowest BCUT2D eigenvalue weighted by Crippen LogP contribution is -2.38. The number of piperidine rings is 1. The number of imidazole rings is 1. The average Bonchev–Trinajstić information content (AvgIpc) is 3.24. The number of likely N-dealkylation sites (tertiary alicyclic amines) is 1. The average molecular weight is 388 g/mol. The van der Waals surface area contributed by atoms with Gasteiger partial charge in [-0.3, -0.25) is 4.79 Å². The number of nitrogens with zero attached hydrogens (tertiary/aromatic N) is 2. The molecule has 1 aromatic heterocycles. The molecule has 0 radical (unpaired) electrons. The summed E-state index contributed by atoms with van der Waals surface area (Å²) in [4.78, 5) is 23.2. The summed E-state index contributed by atoms with van der Waals surface area (Å²) in [7, 11) is 0. The Morgan fingerprint density at radius 2 is 1.59 bits per heavy atom. The van der Waals surface area contributed by atoms with Crippen molar-refractivity contribution in [3.05, 3.63) is 65.5 Å². The fraction of sp³-hybridized carbons (Fsp3) is 0.440. The molecule has 1 saturated heterocycles. The molecule has 1 saturated carbocycles. The molecule has 0 unspecified atom stereocenters. The van der Waals surface area contributed by atoms with E-state index in [1.54, 1.807) is 0 Å². The van der Waals surface area contributed by atoms with Crippen molar-refractivity contribution in [2.24, 2.45) is 0 Å². The van der Waals surface area contributed by atoms with Crippen LogP contribution in [0.25, 0.3) is 11.0 Å². The molecule has 1 aliphatic carbocycles. The van der Waals surface area contributed by atoms with E-state index < -0.39 is 0 Å². The maximum Gasteiger partial charge on any atom is 0.253 e. The summed E-state index contributed by atoms with van der Waals surface area (Å²) in [5, 5.41) is 0. The summed E-state index contributed by atoms with van der Waals surface area (Å²) in [5.74, 6) is 2.32. The summed E-state index contributed by atoms with van der Waals surface area (Å²) in [6.45, 7) is 1.59. The second-order valence-electron chi connectivity index (χ2n) is 8.66. The van der Waals surface area contributed by atoms with Crippen LogP contribution in [0.15, 0.2) is 48.5 Å². The van der Waals surface area contributed by atoms with Crippen molar-refractivity contribution in [1.29, 1.82) is 0 Å². The number of hydrogen-bond acceptors (Lipinski definition) is 2. The molecular formula is C25H29N3O. The molecule has 4 nitrogen and oxygen atoms in total. The lowest BCUT2D eigenvalue weighted by atomic mass is 9.84. The van der Waals surface area contributed by atoms with E-state index in [0.717, 1.165) is 48.4 Å². The first-order valence-electron chi connectivity index (χ1n) is 11.1. The minimum Gasteiger partial charge on any atom is -0.342 e. The molecule has 1 aliphatic heterocycles. The van der Waals surface area contributed by atoms with Gasteiger partial charge in [-0.2, -0.15) is 0 Å². The van der Waals surface area contributed by atoms with Gasteiger partial charge in [-0.25, -0.2) is 4.98 Å². The molecule has 4 heteroatoms. The Labute approximate surface area is 172 Å². The normalized spacial score (nSPS) is 19.0. The third-order valence-electron chi connectivity index (χ3n) is 6.81. The molecule has 150 valence electrons. The monoisotopic (exact) mass is 387 g/mol. The highest BCUT2D eigenvalue weighted by molar-refractivity contribution is 5.94. The van der Waals surface area contributed by atoms with Crippen LogP contribution in [0.3, 0.4) is 0 Å². The van der Waals surface area contributed by atoms with Gasteiger partial charge in [0.2, 0.25) is 0 Å². The van der Waals surface area contributed by atoms with E-state index >= 15 is 0 Å². The van der Waals surface area contributed by atoms with E-state index in [1.807, 2.05) is 35.2 Å². The van der Waals surface area contributed by atoms with E-state index in [-0.39, 0.29) is 5.91 Å². The topological polar surface area (TPSA) is 49.0 Å². The van der Waals surface area contributed by atoms with Crippen LogP contribution >= 0.6 is 0 Å². The number of aromatic nitrogens is 2. The number of fused-ring (bicyclic) bond motifs is 1. The van der Waals surface area contributed by atoms with Gasteiger partial charge in [0.1, 0.15) is 5.82 Å². The molecule has 2 aromatic carbocycles.